The fourth-order valence-electron chi connectivity index (χ4n) is 3.40. The number of rotatable bonds is 2. The largest absolute Gasteiger partial charge is 0.457 e. The van der Waals surface area contributed by atoms with Gasteiger partial charge in [0, 0.05) is 31.1 Å². The molecule has 0 bridgehead atoms. The number of benzene rings is 2. The average Bonchev–Trinajstić information content (AvgIpc) is 2.54. The first-order chi connectivity index (χ1) is 11.6. The first-order valence-corrected chi connectivity index (χ1v) is 8.05. The van der Waals surface area contributed by atoms with E-state index >= 15 is 0 Å². The maximum Gasteiger partial charge on any atom is 0.235 e. The zero-order valence-corrected chi connectivity index (χ0v) is 13.4. The molecule has 1 fully saturated rings. The van der Waals surface area contributed by atoms with Gasteiger partial charge in [0.15, 0.2) is 0 Å². The van der Waals surface area contributed by atoms with Crippen molar-refractivity contribution in [3.05, 3.63) is 59.7 Å². The molecule has 0 spiro atoms. The number of carbonyl (C=O) groups is 2. The third kappa shape index (κ3) is 2.42. The molecule has 2 aliphatic rings. The molecule has 5 heteroatoms. The number of amides is 2. The van der Waals surface area contributed by atoms with Gasteiger partial charge >= 0.3 is 0 Å². The Morgan fingerprint density at radius 3 is 2.08 bits per heavy atom. The molecule has 0 radical (unpaired) electrons. The summed E-state index contributed by atoms with van der Waals surface area (Å²) in [5, 5.41) is 2.85. The lowest BCUT2D eigenvalue weighted by molar-refractivity contribution is -0.138. The van der Waals surface area contributed by atoms with E-state index in [0.29, 0.717) is 13.1 Å². The zero-order valence-electron chi connectivity index (χ0n) is 13.4. The molecule has 0 unspecified atom stereocenters. The van der Waals surface area contributed by atoms with Gasteiger partial charge in [0.1, 0.15) is 11.5 Å². The predicted octanol–water partition coefficient (Wildman–Crippen LogP) is 2.27. The maximum atomic E-state index is 13.1. The van der Waals surface area contributed by atoms with E-state index in [-0.39, 0.29) is 23.8 Å². The number of hydrogen-bond donors (Lipinski definition) is 1. The first kappa shape index (κ1) is 14.8. The summed E-state index contributed by atoms with van der Waals surface area (Å²) in [4.78, 5) is 26.0. The van der Waals surface area contributed by atoms with Gasteiger partial charge in [-0.2, -0.15) is 0 Å². The van der Waals surface area contributed by atoms with Gasteiger partial charge < -0.3 is 15.0 Å². The minimum atomic E-state index is -0.357. The van der Waals surface area contributed by atoms with Crippen molar-refractivity contribution in [1.82, 2.24) is 10.2 Å². The minimum absolute atomic E-state index is 0.0526. The Bertz CT molecular complexity index is 766. The smallest absolute Gasteiger partial charge is 0.235 e. The maximum absolute atomic E-state index is 13.1. The monoisotopic (exact) mass is 322 g/mol. The number of nitrogens with one attached hydrogen (secondary N) is 1. The van der Waals surface area contributed by atoms with E-state index in [1.54, 1.807) is 4.90 Å². The summed E-state index contributed by atoms with van der Waals surface area (Å²) in [6, 6.07) is 15.4. The van der Waals surface area contributed by atoms with Crippen LogP contribution < -0.4 is 10.1 Å². The lowest BCUT2D eigenvalue weighted by atomic mass is 9.86. The van der Waals surface area contributed by atoms with Crippen LogP contribution in [0.5, 0.6) is 11.5 Å². The van der Waals surface area contributed by atoms with Crippen LogP contribution in [0, 0.1) is 0 Å². The first-order valence-electron chi connectivity index (χ1n) is 8.05. The Hall–Kier alpha value is -2.82. The normalized spacial score (nSPS) is 16.5. The molecule has 24 heavy (non-hydrogen) atoms. The molecule has 4 rings (SSSR count). The molecule has 0 aliphatic carbocycles. The van der Waals surface area contributed by atoms with Crippen molar-refractivity contribution in [1.29, 1.82) is 0 Å². The summed E-state index contributed by atoms with van der Waals surface area (Å²) < 4.78 is 5.94. The third-order valence-corrected chi connectivity index (χ3v) is 4.53. The molecule has 2 aromatic rings. The van der Waals surface area contributed by atoms with Gasteiger partial charge in [-0.15, -0.1) is 0 Å². The highest BCUT2D eigenvalue weighted by Crippen LogP contribution is 2.44. The van der Waals surface area contributed by atoms with Crippen LogP contribution in [0.2, 0.25) is 0 Å². The molecule has 0 atom stereocenters. The highest BCUT2D eigenvalue weighted by molar-refractivity contribution is 5.90. The van der Waals surface area contributed by atoms with Gasteiger partial charge in [-0.05, 0) is 12.1 Å². The second kappa shape index (κ2) is 5.67. The van der Waals surface area contributed by atoms with Crippen molar-refractivity contribution in [2.24, 2.45) is 0 Å². The van der Waals surface area contributed by atoms with E-state index in [9.17, 15) is 9.59 Å². The molecule has 1 N–H and O–H groups in total. The Balaban J connectivity index is 1.63. The molecule has 2 aliphatic heterocycles. The molecule has 122 valence electrons. The standard InChI is InChI=1S/C19H18N2O3/c1-12(22)20-13-10-21(11-13)19(23)18-14-6-2-4-8-16(14)24-17-9-5-3-7-15(17)18/h2-9,13,18H,10-11H2,1H3,(H,20,22). The van der Waals surface area contributed by atoms with Gasteiger partial charge in [0.25, 0.3) is 0 Å². The molecule has 5 nitrogen and oxygen atoms in total. The van der Waals surface area contributed by atoms with Crippen LogP contribution in [0.25, 0.3) is 0 Å². The lowest BCUT2D eigenvalue weighted by Gasteiger charge is -2.42. The van der Waals surface area contributed by atoms with E-state index in [1.807, 2.05) is 48.5 Å². The molecule has 2 heterocycles. The van der Waals surface area contributed by atoms with Crippen molar-refractivity contribution in [2.45, 2.75) is 18.9 Å². The van der Waals surface area contributed by atoms with Crippen LogP contribution in [0.1, 0.15) is 24.0 Å². The second-order valence-corrected chi connectivity index (χ2v) is 6.25. The topological polar surface area (TPSA) is 58.6 Å². The van der Waals surface area contributed by atoms with Gasteiger partial charge in [0.2, 0.25) is 11.8 Å². The average molecular weight is 322 g/mol. The van der Waals surface area contributed by atoms with Gasteiger partial charge in [-0.3, -0.25) is 9.59 Å². The molecule has 0 saturated carbocycles. The van der Waals surface area contributed by atoms with Crippen LogP contribution in [0.4, 0.5) is 0 Å². The number of carbonyl (C=O) groups excluding carboxylic acids is 2. The SMILES string of the molecule is CC(=O)NC1CN(C(=O)C2c3ccccc3Oc3ccccc32)C1. The molecular formula is C19H18N2O3. The van der Waals surface area contributed by atoms with E-state index in [0.717, 1.165) is 22.6 Å². The van der Waals surface area contributed by atoms with Gasteiger partial charge in [-0.25, -0.2) is 0 Å². The van der Waals surface area contributed by atoms with Crippen LogP contribution in [0.15, 0.2) is 48.5 Å². The summed E-state index contributed by atoms with van der Waals surface area (Å²) in [5.41, 5.74) is 1.79. The summed E-state index contributed by atoms with van der Waals surface area (Å²) in [6.45, 7) is 2.61. The Morgan fingerprint density at radius 1 is 1.00 bits per heavy atom. The molecule has 2 amide bonds. The fourth-order valence-corrected chi connectivity index (χ4v) is 3.40. The van der Waals surface area contributed by atoms with Gasteiger partial charge in [-0.1, -0.05) is 36.4 Å². The summed E-state index contributed by atoms with van der Waals surface area (Å²) in [6.07, 6.45) is 0. The number of para-hydroxylation sites is 2. The quantitative estimate of drug-likeness (QED) is 0.923. The number of ether oxygens (including phenoxy) is 1. The van der Waals surface area contributed by atoms with E-state index in [2.05, 4.69) is 5.32 Å². The van der Waals surface area contributed by atoms with Crippen molar-refractivity contribution in [2.75, 3.05) is 13.1 Å². The van der Waals surface area contributed by atoms with Crippen LogP contribution in [-0.4, -0.2) is 35.8 Å². The fraction of sp³-hybridized carbons (Fsp3) is 0.263. The number of fused-ring (bicyclic) bond motifs is 2. The van der Waals surface area contributed by atoms with Gasteiger partial charge in [0.05, 0.1) is 12.0 Å². The summed E-state index contributed by atoms with van der Waals surface area (Å²) in [5.74, 6) is 1.10. The number of hydrogen-bond acceptors (Lipinski definition) is 3. The number of nitrogens with zero attached hydrogens (tertiary/aromatic N) is 1. The minimum Gasteiger partial charge on any atom is -0.457 e. The van der Waals surface area contributed by atoms with Crippen molar-refractivity contribution in [3.8, 4) is 11.5 Å². The third-order valence-electron chi connectivity index (χ3n) is 4.53. The molecule has 1 saturated heterocycles. The van der Waals surface area contributed by atoms with E-state index < -0.39 is 0 Å². The zero-order chi connectivity index (χ0) is 16.7. The number of likely N-dealkylation sites (tertiary alicyclic amines) is 1. The van der Waals surface area contributed by atoms with Crippen LogP contribution in [0.3, 0.4) is 0 Å². The predicted molar refractivity (Wildman–Crippen MR) is 89.0 cm³/mol. The second-order valence-electron chi connectivity index (χ2n) is 6.25. The molecular weight excluding hydrogens is 304 g/mol. The Labute approximate surface area is 140 Å². The van der Waals surface area contributed by atoms with Crippen molar-refractivity contribution >= 4 is 11.8 Å². The van der Waals surface area contributed by atoms with Crippen LogP contribution >= 0.6 is 0 Å². The lowest BCUT2D eigenvalue weighted by Crippen LogP contribution is -2.61. The highest BCUT2D eigenvalue weighted by Gasteiger charge is 2.39. The molecule has 2 aromatic carbocycles. The van der Waals surface area contributed by atoms with Crippen molar-refractivity contribution < 1.29 is 14.3 Å². The van der Waals surface area contributed by atoms with Crippen LogP contribution in [-0.2, 0) is 9.59 Å². The summed E-state index contributed by atoms with van der Waals surface area (Å²) in [7, 11) is 0. The Morgan fingerprint density at radius 2 is 1.54 bits per heavy atom. The molecule has 0 aromatic heterocycles. The van der Waals surface area contributed by atoms with E-state index in [4.69, 9.17) is 4.74 Å². The Kier molecular flexibility index (Phi) is 3.49. The highest BCUT2D eigenvalue weighted by atomic mass is 16.5. The van der Waals surface area contributed by atoms with Crippen molar-refractivity contribution in [3.63, 3.8) is 0 Å². The summed E-state index contributed by atoms with van der Waals surface area (Å²) >= 11 is 0. The van der Waals surface area contributed by atoms with E-state index in [1.165, 1.54) is 6.92 Å².